The Hall–Kier alpha value is -1.41. The van der Waals surface area contributed by atoms with E-state index >= 15 is 0 Å². The van der Waals surface area contributed by atoms with E-state index in [0.29, 0.717) is 0 Å². The van der Waals surface area contributed by atoms with Gasteiger partial charge in [-0.3, -0.25) is 0 Å². The lowest BCUT2D eigenvalue weighted by molar-refractivity contribution is 0.826. The predicted molar refractivity (Wildman–Crippen MR) is 71.5 cm³/mol. The van der Waals surface area contributed by atoms with Crippen molar-refractivity contribution in [3.05, 3.63) is 47.4 Å². The van der Waals surface area contributed by atoms with E-state index in [0.717, 1.165) is 24.4 Å². The fraction of sp³-hybridized carbons (Fsp3) is 0.286. The van der Waals surface area contributed by atoms with Gasteiger partial charge in [0.2, 0.25) is 0 Å². The molecule has 88 valence electrons. The second-order valence-corrected chi connectivity index (χ2v) is 4.30. The molecule has 0 radical (unpaired) electrons. The van der Waals surface area contributed by atoms with Crippen LogP contribution < -0.4 is 0 Å². The number of aromatic nitrogens is 2. The number of hydrogen-bond acceptors (Lipinski definition) is 2. The Kier molecular flexibility index (Phi) is 3.43. The maximum absolute atomic E-state index is 4.60. The lowest BCUT2D eigenvalue weighted by Crippen LogP contribution is -1.96. The second kappa shape index (κ2) is 4.84. The molecule has 0 N–H and O–H groups in total. The molecule has 0 spiro atoms. The zero-order chi connectivity index (χ0) is 11.0. The predicted octanol–water partition coefficient (Wildman–Crippen LogP) is 3.36. The van der Waals surface area contributed by atoms with Gasteiger partial charge < -0.3 is 0 Å². The molecule has 1 aromatic carbocycles. The molecule has 0 fully saturated rings. The number of nitrogens with zero attached hydrogens (tertiary/aromatic N) is 2. The lowest BCUT2D eigenvalue weighted by Gasteiger charge is -2.07. The number of halogens is 1. The van der Waals surface area contributed by atoms with Crippen LogP contribution in [0.25, 0.3) is 11.3 Å². The van der Waals surface area contributed by atoms with Crippen LogP contribution in [0.3, 0.4) is 0 Å². The normalized spacial score (nSPS) is 13.0. The van der Waals surface area contributed by atoms with Gasteiger partial charge in [0.1, 0.15) is 5.82 Å². The molecule has 0 saturated heterocycles. The average Bonchev–Trinajstić information content (AvgIpc) is 2.48. The van der Waals surface area contributed by atoms with Crippen LogP contribution in [0.2, 0.25) is 0 Å². The fourth-order valence-electron chi connectivity index (χ4n) is 2.35. The molecule has 0 aliphatic heterocycles. The largest absolute Gasteiger partial charge is 0.241 e. The van der Waals surface area contributed by atoms with Gasteiger partial charge >= 0.3 is 0 Å². The van der Waals surface area contributed by atoms with Crippen LogP contribution in [-0.4, -0.2) is 9.97 Å². The molecule has 1 aliphatic rings. The lowest BCUT2D eigenvalue weighted by atomic mass is 10.0. The molecule has 17 heavy (non-hydrogen) atoms. The van der Waals surface area contributed by atoms with E-state index in [4.69, 9.17) is 0 Å². The SMILES string of the molecule is Cc1ncc2c(n1)-c1ccccc1CCC2.Cl. The summed E-state index contributed by atoms with van der Waals surface area (Å²) < 4.78 is 0. The molecular formula is C14H15ClN2. The highest BCUT2D eigenvalue weighted by molar-refractivity contribution is 5.85. The Balaban J connectivity index is 0.00000108. The van der Waals surface area contributed by atoms with Gasteiger partial charge in [-0.15, -0.1) is 12.4 Å². The van der Waals surface area contributed by atoms with E-state index in [2.05, 4.69) is 34.2 Å². The zero-order valence-electron chi connectivity index (χ0n) is 9.81. The summed E-state index contributed by atoms with van der Waals surface area (Å²) in [5.74, 6) is 0.857. The van der Waals surface area contributed by atoms with Crippen molar-refractivity contribution in [2.45, 2.75) is 26.2 Å². The molecule has 1 aromatic heterocycles. The van der Waals surface area contributed by atoms with Crippen molar-refractivity contribution < 1.29 is 0 Å². The summed E-state index contributed by atoms with van der Waals surface area (Å²) in [6.45, 7) is 1.95. The molecule has 0 unspecified atom stereocenters. The Bertz CT molecular complexity index is 537. The highest BCUT2D eigenvalue weighted by atomic mass is 35.5. The maximum atomic E-state index is 4.60. The summed E-state index contributed by atoms with van der Waals surface area (Å²) in [5.41, 5.74) is 5.14. The standard InChI is InChI=1S/C14H14N2.ClH/c1-10-15-9-12-7-4-6-11-5-2-3-8-13(11)14(12)16-10;/h2-3,5,8-9H,4,6-7H2,1H3;1H. The third-order valence-electron chi connectivity index (χ3n) is 3.15. The number of fused-ring (bicyclic) bond motifs is 3. The van der Waals surface area contributed by atoms with Gasteiger partial charge in [-0.2, -0.15) is 0 Å². The maximum Gasteiger partial charge on any atom is 0.125 e. The first-order valence-corrected chi connectivity index (χ1v) is 5.75. The van der Waals surface area contributed by atoms with E-state index < -0.39 is 0 Å². The van der Waals surface area contributed by atoms with Crippen LogP contribution in [0.15, 0.2) is 30.5 Å². The number of rotatable bonds is 0. The second-order valence-electron chi connectivity index (χ2n) is 4.30. The molecule has 3 rings (SSSR count). The Morgan fingerprint density at radius 2 is 1.82 bits per heavy atom. The summed E-state index contributed by atoms with van der Waals surface area (Å²) in [6.07, 6.45) is 5.41. The molecule has 0 amide bonds. The van der Waals surface area contributed by atoms with Gasteiger partial charge in [-0.05, 0) is 37.3 Å². The minimum absolute atomic E-state index is 0. The van der Waals surface area contributed by atoms with E-state index in [9.17, 15) is 0 Å². The van der Waals surface area contributed by atoms with Crippen molar-refractivity contribution in [3.8, 4) is 11.3 Å². The van der Waals surface area contributed by atoms with Gasteiger partial charge in [0.05, 0.1) is 5.69 Å². The van der Waals surface area contributed by atoms with E-state index in [-0.39, 0.29) is 12.4 Å². The van der Waals surface area contributed by atoms with E-state index in [1.807, 2.05) is 13.1 Å². The van der Waals surface area contributed by atoms with Crippen LogP contribution >= 0.6 is 12.4 Å². The number of benzene rings is 1. The molecule has 2 aromatic rings. The van der Waals surface area contributed by atoms with Gasteiger partial charge in [-0.1, -0.05) is 24.3 Å². The summed E-state index contributed by atoms with van der Waals surface area (Å²) in [4.78, 5) is 8.90. The van der Waals surface area contributed by atoms with E-state index in [1.165, 1.54) is 23.1 Å². The Morgan fingerprint density at radius 1 is 1.06 bits per heavy atom. The van der Waals surface area contributed by atoms with Crippen LogP contribution in [-0.2, 0) is 12.8 Å². The van der Waals surface area contributed by atoms with Gasteiger partial charge in [0, 0.05) is 11.8 Å². The summed E-state index contributed by atoms with van der Waals surface area (Å²) in [7, 11) is 0. The van der Waals surface area contributed by atoms with E-state index in [1.54, 1.807) is 0 Å². The first kappa shape index (κ1) is 12.1. The van der Waals surface area contributed by atoms with Gasteiger partial charge in [-0.25, -0.2) is 9.97 Å². The molecule has 0 saturated carbocycles. The van der Waals surface area contributed by atoms with Crippen molar-refractivity contribution in [1.82, 2.24) is 9.97 Å². The highest BCUT2D eigenvalue weighted by Crippen LogP contribution is 2.30. The minimum Gasteiger partial charge on any atom is -0.241 e. The Labute approximate surface area is 108 Å². The molecule has 3 heteroatoms. The molecule has 0 atom stereocenters. The minimum atomic E-state index is 0. The summed E-state index contributed by atoms with van der Waals surface area (Å²) >= 11 is 0. The van der Waals surface area contributed by atoms with Crippen LogP contribution in [0.4, 0.5) is 0 Å². The van der Waals surface area contributed by atoms with Gasteiger partial charge in [0.15, 0.2) is 0 Å². The quantitative estimate of drug-likeness (QED) is 0.712. The molecular weight excluding hydrogens is 232 g/mol. The fourth-order valence-corrected chi connectivity index (χ4v) is 2.35. The molecule has 1 aliphatic carbocycles. The summed E-state index contributed by atoms with van der Waals surface area (Å²) in [5, 5.41) is 0. The van der Waals surface area contributed by atoms with Crippen LogP contribution in [0, 0.1) is 6.92 Å². The van der Waals surface area contributed by atoms with Gasteiger partial charge in [0.25, 0.3) is 0 Å². The van der Waals surface area contributed by atoms with Crippen molar-refractivity contribution in [1.29, 1.82) is 0 Å². The molecule has 0 bridgehead atoms. The first-order chi connectivity index (χ1) is 7.84. The van der Waals surface area contributed by atoms with Crippen LogP contribution in [0.1, 0.15) is 23.4 Å². The highest BCUT2D eigenvalue weighted by Gasteiger charge is 2.15. The van der Waals surface area contributed by atoms with Crippen molar-refractivity contribution in [3.63, 3.8) is 0 Å². The van der Waals surface area contributed by atoms with Crippen molar-refractivity contribution >= 4 is 12.4 Å². The first-order valence-electron chi connectivity index (χ1n) is 5.75. The van der Waals surface area contributed by atoms with Crippen molar-refractivity contribution in [2.75, 3.05) is 0 Å². The summed E-state index contributed by atoms with van der Waals surface area (Å²) in [6, 6.07) is 8.58. The zero-order valence-corrected chi connectivity index (χ0v) is 10.6. The monoisotopic (exact) mass is 246 g/mol. The molecule has 2 nitrogen and oxygen atoms in total. The van der Waals surface area contributed by atoms with Crippen LogP contribution in [0.5, 0.6) is 0 Å². The molecule has 1 heterocycles. The third kappa shape index (κ3) is 2.18. The number of hydrogen-bond donors (Lipinski definition) is 0. The topological polar surface area (TPSA) is 25.8 Å². The average molecular weight is 247 g/mol. The smallest absolute Gasteiger partial charge is 0.125 e. The number of aryl methyl sites for hydroxylation is 3. The third-order valence-corrected chi connectivity index (χ3v) is 3.15. The Morgan fingerprint density at radius 3 is 2.71 bits per heavy atom. The van der Waals surface area contributed by atoms with Crippen molar-refractivity contribution in [2.24, 2.45) is 0 Å².